The molecule has 0 heterocycles. The van der Waals surface area contributed by atoms with Gasteiger partial charge in [0.25, 0.3) is 0 Å². The topological polar surface area (TPSA) is 30.8 Å². The lowest BCUT2D eigenvalue weighted by molar-refractivity contribution is 0.302. The largest absolute Gasteiger partial charge is 0.494 e. The Balaban J connectivity index is 1.71. The zero-order valence-corrected chi connectivity index (χ0v) is 20.1. The molecule has 0 atom stereocenters. The van der Waals surface area contributed by atoms with Crippen LogP contribution in [0.1, 0.15) is 18.1 Å². The Morgan fingerprint density at radius 2 is 1.62 bits per heavy atom. The van der Waals surface area contributed by atoms with Crippen LogP contribution in [-0.2, 0) is 6.61 Å². The lowest BCUT2D eigenvalue weighted by Crippen LogP contribution is -1.98. The molecule has 3 aromatic carbocycles. The summed E-state index contributed by atoms with van der Waals surface area (Å²) in [6.45, 7) is 2.93. The number of halogens is 4. The van der Waals surface area contributed by atoms with Gasteiger partial charge in [0.2, 0.25) is 0 Å². The molecule has 29 heavy (non-hydrogen) atoms. The van der Waals surface area contributed by atoms with Gasteiger partial charge in [-0.25, -0.2) is 0 Å². The quantitative estimate of drug-likeness (QED) is 0.274. The highest BCUT2D eigenvalue weighted by Gasteiger charge is 2.10. The fraction of sp³-hybridized carbons (Fsp3) is 0.136. The van der Waals surface area contributed by atoms with Crippen LogP contribution in [0.2, 0.25) is 10.0 Å². The number of benzene rings is 3. The molecule has 0 saturated carbocycles. The van der Waals surface area contributed by atoms with Gasteiger partial charge in [-0.15, -0.1) is 0 Å². The Morgan fingerprint density at radius 1 is 0.931 bits per heavy atom. The van der Waals surface area contributed by atoms with Crippen molar-refractivity contribution in [3.8, 4) is 11.5 Å². The average molecular weight is 558 g/mol. The zero-order chi connectivity index (χ0) is 20.8. The Hall–Kier alpha value is -1.53. The molecular formula is C22H17Br2Cl2NO2. The molecule has 7 heteroatoms. The number of aliphatic imine (C=N–C) groups is 1. The van der Waals surface area contributed by atoms with Crippen LogP contribution < -0.4 is 9.47 Å². The van der Waals surface area contributed by atoms with Gasteiger partial charge in [0.15, 0.2) is 0 Å². The van der Waals surface area contributed by atoms with Gasteiger partial charge in [-0.1, -0.05) is 29.3 Å². The monoisotopic (exact) mass is 555 g/mol. The van der Waals surface area contributed by atoms with E-state index in [0.717, 1.165) is 31.5 Å². The molecule has 0 N–H and O–H groups in total. The molecule has 0 amide bonds. The van der Waals surface area contributed by atoms with E-state index in [2.05, 4.69) is 36.9 Å². The van der Waals surface area contributed by atoms with Gasteiger partial charge in [-0.05, 0) is 92.9 Å². The number of rotatable bonds is 7. The van der Waals surface area contributed by atoms with Gasteiger partial charge in [-0.2, -0.15) is 0 Å². The number of ether oxygens (including phenoxy) is 2. The van der Waals surface area contributed by atoms with Crippen LogP contribution in [-0.4, -0.2) is 12.8 Å². The van der Waals surface area contributed by atoms with E-state index in [-0.39, 0.29) is 0 Å². The summed E-state index contributed by atoms with van der Waals surface area (Å²) in [5, 5.41) is 1.17. The molecule has 0 spiro atoms. The van der Waals surface area contributed by atoms with Gasteiger partial charge in [0.1, 0.15) is 18.1 Å². The van der Waals surface area contributed by atoms with E-state index >= 15 is 0 Å². The highest BCUT2D eigenvalue weighted by Crippen LogP contribution is 2.35. The zero-order valence-electron chi connectivity index (χ0n) is 15.5. The van der Waals surface area contributed by atoms with Gasteiger partial charge < -0.3 is 9.47 Å². The molecule has 150 valence electrons. The molecule has 0 bridgehead atoms. The van der Waals surface area contributed by atoms with Gasteiger partial charge in [0, 0.05) is 21.8 Å². The van der Waals surface area contributed by atoms with Crippen LogP contribution in [0.3, 0.4) is 0 Å². The molecule has 0 unspecified atom stereocenters. The summed E-state index contributed by atoms with van der Waals surface area (Å²) >= 11 is 19.3. The van der Waals surface area contributed by atoms with Crippen molar-refractivity contribution in [2.75, 3.05) is 6.61 Å². The fourth-order valence-corrected chi connectivity index (χ4v) is 4.44. The highest BCUT2D eigenvalue weighted by molar-refractivity contribution is 9.11. The van der Waals surface area contributed by atoms with Crippen LogP contribution in [0.5, 0.6) is 11.5 Å². The second kappa shape index (κ2) is 10.5. The molecule has 3 aromatic rings. The summed E-state index contributed by atoms with van der Waals surface area (Å²) in [5.41, 5.74) is 2.63. The molecule has 0 radical (unpaired) electrons. The Kier molecular flexibility index (Phi) is 8.01. The van der Waals surface area contributed by atoms with E-state index in [1.54, 1.807) is 18.3 Å². The number of nitrogens with zero attached hydrogens (tertiary/aromatic N) is 1. The van der Waals surface area contributed by atoms with E-state index in [1.165, 1.54) is 0 Å². The third kappa shape index (κ3) is 6.22. The molecule has 0 fully saturated rings. The van der Waals surface area contributed by atoms with Gasteiger partial charge >= 0.3 is 0 Å². The first-order chi connectivity index (χ1) is 14.0. The SMILES string of the molecule is CCOc1ccc(N=Cc2cc(Br)c(OCc3ccc(Cl)cc3Cl)c(Br)c2)cc1. The summed E-state index contributed by atoms with van der Waals surface area (Å²) in [6.07, 6.45) is 1.80. The first-order valence-electron chi connectivity index (χ1n) is 8.79. The normalized spacial score (nSPS) is 11.1. The highest BCUT2D eigenvalue weighted by atomic mass is 79.9. The van der Waals surface area contributed by atoms with Crippen molar-refractivity contribution < 1.29 is 9.47 Å². The first kappa shape index (κ1) is 22.2. The minimum Gasteiger partial charge on any atom is -0.494 e. The summed E-state index contributed by atoms with van der Waals surface area (Å²) in [5.74, 6) is 1.52. The molecule has 3 rings (SSSR count). The fourth-order valence-electron chi connectivity index (χ4n) is 2.52. The maximum absolute atomic E-state index is 6.21. The van der Waals surface area contributed by atoms with Crippen molar-refractivity contribution in [2.45, 2.75) is 13.5 Å². The van der Waals surface area contributed by atoms with Gasteiger partial charge in [0.05, 0.1) is 21.2 Å². The van der Waals surface area contributed by atoms with Crippen LogP contribution in [0.4, 0.5) is 5.69 Å². The van der Waals surface area contributed by atoms with Crippen molar-refractivity contribution in [1.82, 2.24) is 0 Å². The van der Waals surface area contributed by atoms with E-state index in [4.69, 9.17) is 32.7 Å². The van der Waals surface area contributed by atoms with Crippen LogP contribution in [0.25, 0.3) is 0 Å². The minimum atomic E-state index is 0.326. The first-order valence-corrected chi connectivity index (χ1v) is 11.1. The van der Waals surface area contributed by atoms with Crippen molar-refractivity contribution in [2.24, 2.45) is 4.99 Å². The van der Waals surface area contributed by atoms with E-state index in [9.17, 15) is 0 Å². The maximum Gasteiger partial charge on any atom is 0.148 e. The Bertz CT molecular complexity index is 1000. The Labute approximate surface area is 196 Å². The molecule has 0 aliphatic carbocycles. The van der Waals surface area contributed by atoms with E-state index in [0.29, 0.717) is 29.0 Å². The van der Waals surface area contributed by atoms with Crippen LogP contribution in [0.15, 0.2) is 68.5 Å². The average Bonchev–Trinajstić information content (AvgIpc) is 2.68. The predicted molar refractivity (Wildman–Crippen MR) is 128 cm³/mol. The number of hydrogen-bond acceptors (Lipinski definition) is 3. The van der Waals surface area contributed by atoms with Crippen molar-refractivity contribution in [3.63, 3.8) is 0 Å². The molecular weight excluding hydrogens is 541 g/mol. The van der Waals surface area contributed by atoms with E-state index in [1.807, 2.05) is 49.4 Å². The minimum absolute atomic E-state index is 0.326. The van der Waals surface area contributed by atoms with Crippen molar-refractivity contribution >= 4 is 67.0 Å². The summed E-state index contributed by atoms with van der Waals surface area (Å²) < 4.78 is 13.0. The standard InChI is InChI=1S/C22H17Br2Cl2NO2/c1-2-28-18-7-5-17(6-8-18)27-12-14-9-19(23)22(20(24)10-14)29-13-15-3-4-16(25)11-21(15)26/h3-12H,2,13H2,1H3. The van der Waals surface area contributed by atoms with Crippen LogP contribution >= 0.6 is 55.1 Å². The van der Waals surface area contributed by atoms with E-state index < -0.39 is 0 Å². The van der Waals surface area contributed by atoms with Gasteiger partial charge in [-0.3, -0.25) is 4.99 Å². The molecule has 0 aromatic heterocycles. The molecule has 0 saturated heterocycles. The summed E-state index contributed by atoms with van der Waals surface area (Å²) in [7, 11) is 0. The third-order valence-electron chi connectivity index (χ3n) is 3.92. The molecule has 0 aliphatic rings. The van der Waals surface area contributed by atoms with Crippen molar-refractivity contribution in [1.29, 1.82) is 0 Å². The summed E-state index contributed by atoms with van der Waals surface area (Å²) in [6, 6.07) is 16.9. The third-order valence-corrected chi connectivity index (χ3v) is 5.68. The second-order valence-electron chi connectivity index (χ2n) is 6.02. The lowest BCUT2D eigenvalue weighted by atomic mass is 10.2. The maximum atomic E-state index is 6.21. The molecule has 3 nitrogen and oxygen atoms in total. The smallest absolute Gasteiger partial charge is 0.148 e. The number of hydrogen-bond donors (Lipinski definition) is 0. The van der Waals surface area contributed by atoms with Crippen molar-refractivity contribution in [3.05, 3.63) is 84.7 Å². The lowest BCUT2D eigenvalue weighted by Gasteiger charge is -2.12. The Morgan fingerprint density at radius 3 is 2.24 bits per heavy atom. The second-order valence-corrected chi connectivity index (χ2v) is 8.58. The molecule has 0 aliphatic heterocycles. The predicted octanol–water partition coefficient (Wildman–Crippen LogP) is 8.25. The summed E-state index contributed by atoms with van der Waals surface area (Å²) in [4.78, 5) is 4.51. The van der Waals surface area contributed by atoms with Crippen LogP contribution in [0, 0.1) is 0 Å².